The molecule has 0 amide bonds. The van der Waals surface area contributed by atoms with Crippen LogP contribution in [0.5, 0.6) is 0 Å². The third-order valence-corrected chi connectivity index (χ3v) is 3.70. The molecule has 1 aromatic carbocycles. The number of rotatable bonds is 1. The number of hydrogen-bond donors (Lipinski definition) is 0. The highest BCUT2D eigenvalue weighted by Gasteiger charge is 2.32. The van der Waals surface area contributed by atoms with Gasteiger partial charge in [0.1, 0.15) is 0 Å². The van der Waals surface area contributed by atoms with E-state index in [1.807, 2.05) is 18.2 Å². The van der Waals surface area contributed by atoms with Gasteiger partial charge in [-0.2, -0.15) is 0 Å². The lowest BCUT2D eigenvalue weighted by atomic mass is 9.75. The summed E-state index contributed by atoms with van der Waals surface area (Å²) in [7, 11) is 0. The van der Waals surface area contributed by atoms with Crippen molar-refractivity contribution in [2.24, 2.45) is 5.41 Å². The molecule has 0 fully saturated rings. The Hall–Kier alpha value is -1.01. The number of allylic oxidation sites excluding steroid dienone is 4. The van der Waals surface area contributed by atoms with E-state index >= 15 is 0 Å². The number of halogens is 1. The topological polar surface area (TPSA) is 0 Å². The fourth-order valence-corrected chi connectivity index (χ4v) is 2.14. The largest absolute Gasteiger partial charge is 0.118 e. The van der Waals surface area contributed by atoms with Crippen molar-refractivity contribution in [3.8, 4) is 0 Å². The highest BCUT2D eigenvalue weighted by molar-refractivity contribution is 6.23. The summed E-state index contributed by atoms with van der Waals surface area (Å²) in [5, 5.41) is 0.0673. The van der Waals surface area contributed by atoms with Gasteiger partial charge in [-0.15, -0.1) is 11.6 Å². The van der Waals surface area contributed by atoms with E-state index in [1.165, 1.54) is 11.1 Å². The normalized spacial score (nSPS) is 23.7. The number of benzene rings is 1. The molecule has 0 saturated carbocycles. The van der Waals surface area contributed by atoms with Gasteiger partial charge in [0, 0.05) is 5.41 Å². The first-order valence-corrected chi connectivity index (χ1v) is 5.64. The maximum absolute atomic E-state index is 6.33. The maximum atomic E-state index is 6.33. The Morgan fingerprint density at radius 2 is 1.80 bits per heavy atom. The van der Waals surface area contributed by atoms with Crippen molar-refractivity contribution in [3.05, 3.63) is 54.1 Å². The lowest BCUT2D eigenvalue weighted by molar-refractivity contribution is 0.513. The zero-order chi connectivity index (χ0) is 10.9. The lowest BCUT2D eigenvalue weighted by Gasteiger charge is -2.33. The van der Waals surface area contributed by atoms with E-state index in [9.17, 15) is 0 Å². The molecule has 15 heavy (non-hydrogen) atoms. The summed E-state index contributed by atoms with van der Waals surface area (Å²) in [6.07, 6.45) is 6.26. The molecule has 0 N–H and O–H groups in total. The van der Waals surface area contributed by atoms with E-state index < -0.39 is 0 Å². The Labute approximate surface area is 96.3 Å². The van der Waals surface area contributed by atoms with Crippen LogP contribution < -0.4 is 0 Å². The molecule has 0 spiro atoms. The van der Waals surface area contributed by atoms with Crippen LogP contribution in [-0.2, 0) is 0 Å². The van der Waals surface area contributed by atoms with E-state index in [0.717, 1.165) is 0 Å². The second-order valence-corrected chi connectivity index (χ2v) is 4.92. The van der Waals surface area contributed by atoms with Gasteiger partial charge in [0.25, 0.3) is 0 Å². The van der Waals surface area contributed by atoms with Crippen LogP contribution in [0.4, 0.5) is 0 Å². The zero-order valence-corrected chi connectivity index (χ0v) is 9.83. The van der Waals surface area contributed by atoms with Gasteiger partial charge in [0.2, 0.25) is 0 Å². The van der Waals surface area contributed by atoms with E-state index in [0.29, 0.717) is 0 Å². The van der Waals surface area contributed by atoms with E-state index in [4.69, 9.17) is 11.6 Å². The van der Waals surface area contributed by atoms with Crippen molar-refractivity contribution in [2.75, 3.05) is 0 Å². The molecule has 1 aliphatic rings. The van der Waals surface area contributed by atoms with Gasteiger partial charge >= 0.3 is 0 Å². The summed E-state index contributed by atoms with van der Waals surface area (Å²) in [4.78, 5) is 0. The monoisotopic (exact) mass is 218 g/mol. The third kappa shape index (κ3) is 1.87. The van der Waals surface area contributed by atoms with Gasteiger partial charge in [-0.05, 0) is 11.1 Å². The molecule has 78 valence electrons. The highest BCUT2D eigenvalue weighted by atomic mass is 35.5. The molecule has 0 nitrogen and oxygen atoms in total. The second kappa shape index (κ2) is 3.86. The van der Waals surface area contributed by atoms with Crippen LogP contribution in [0.25, 0.3) is 5.57 Å². The average Bonchev–Trinajstić information content (AvgIpc) is 2.23. The van der Waals surface area contributed by atoms with Crippen LogP contribution in [0.3, 0.4) is 0 Å². The van der Waals surface area contributed by atoms with Crippen molar-refractivity contribution < 1.29 is 0 Å². The summed E-state index contributed by atoms with van der Waals surface area (Å²) in [5.41, 5.74) is 2.57. The molecule has 1 heteroatoms. The lowest BCUT2D eigenvalue weighted by Crippen LogP contribution is -2.26. The SMILES string of the molecule is CC1(C)C(c2ccccc2)=CC=CC1Cl. The van der Waals surface area contributed by atoms with Gasteiger partial charge in [0.05, 0.1) is 5.38 Å². The molecule has 1 aromatic rings. The Balaban J connectivity index is 2.45. The summed E-state index contributed by atoms with van der Waals surface area (Å²) >= 11 is 6.33. The molecular weight excluding hydrogens is 204 g/mol. The number of alkyl halides is 1. The van der Waals surface area contributed by atoms with E-state index in [2.05, 4.69) is 44.2 Å². The minimum atomic E-state index is -0.00232. The molecule has 1 atom stereocenters. The first-order chi connectivity index (χ1) is 7.12. The molecular formula is C14H15Cl. The van der Waals surface area contributed by atoms with Gasteiger partial charge in [-0.1, -0.05) is 62.4 Å². The van der Waals surface area contributed by atoms with E-state index in [1.54, 1.807) is 0 Å². The van der Waals surface area contributed by atoms with Gasteiger partial charge < -0.3 is 0 Å². The Morgan fingerprint density at radius 3 is 2.47 bits per heavy atom. The first-order valence-electron chi connectivity index (χ1n) is 5.21. The van der Waals surface area contributed by atoms with Gasteiger partial charge in [0.15, 0.2) is 0 Å². The summed E-state index contributed by atoms with van der Waals surface area (Å²) in [5.74, 6) is 0. The van der Waals surface area contributed by atoms with Crippen LogP contribution in [0.2, 0.25) is 0 Å². The molecule has 0 aromatic heterocycles. The summed E-state index contributed by atoms with van der Waals surface area (Å²) in [6.45, 7) is 4.38. The molecule has 0 bridgehead atoms. The predicted octanol–water partition coefficient (Wildman–Crippen LogP) is 4.27. The van der Waals surface area contributed by atoms with Crippen LogP contribution in [0, 0.1) is 5.41 Å². The minimum absolute atomic E-state index is 0.00232. The Bertz CT molecular complexity index is 399. The van der Waals surface area contributed by atoms with Gasteiger partial charge in [-0.3, -0.25) is 0 Å². The maximum Gasteiger partial charge on any atom is 0.0610 e. The molecule has 0 aliphatic heterocycles. The molecule has 2 rings (SSSR count). The van der Waals surface area contributed by atoms with Crippen molar-refractivity contribution in [1.82, 2.24) is 0 Å². The fraction of sp³-hybridized carbons (Fsp3) is 0.286. The molecule has 0 heterocycles. The third-order valence-electron chi connectivity index (χ3n) is 3.01. The Kier molecular flexibility index (Phi) is 2.70. The van der Waals surface area contributed by atoms with Crippen LogP contribution >= 0.6 is 11.6 Å². The predicted molar refractivity (Wildman–Crippen MR) is 67.0 cm³/mol. The first kappa shape index (κ1) is 10.5. The highest BCUT2D eigenvalue weighted by Crippen LogP contribution is 2.42. The van der Waals surface area contributed by atoms with Crippen molar-refractivity contribution in [2.45, 2.75) is 19.2 Å². The smallest absolute Gasteiger partial charge is 0.0610 e. The molecule has 0 radical (unpaired) electrons. The van der Waals surface area contributed by atoms with Crippen LogP contribution in [0.15, 0.2) is 48.6 Å². The van der Waals surface area contributed by atoms with Crippen molar-refractivity contribution >= 4 is 17.2 Å². The molecule has 1 aliphatic carbocycles. The molecule has 0 saturated heterocycles. The minimum Gasteiger partial charge on any atom is -0.118 e. The van der Waals surface area contributed by atoms with Crippen molar-refractivity contribution in [1.29, 1.82) is 0 Å². The fourth-order valence-electron chi connectivity index (χ4n) is 1.94. The Morgan fingerprint density at radius 1 is 1.13 bits per heavy atom. The molecule has 1 unspecified atom stereocenters. The van der Waals surface area contributed by atoms with Crippen LogP contribution in [0.1, 0.15) is 19.4 Å². The van der Waals surface area contributed by atoms with Crippen molar-refractivity contribution in [3.63, 3.8) is 0 Å². The summed E-state index contributed by atoms with van der Waals surface area (Å²) in [6, 6.07) is 10.4. The quantitative estimate of drug-likeness (QED) is 0.618. The van der Waals surface area contributed by atoms with Crippen LogP contribution in [-0.4, -0.2) is 5.38 Å². The summed E-state index contributed by atoms with van der Waals surface area (Å²) < 4.78 is 0. The van der Waals surface area contributed by atoms with E-state index in [-0.39, 0.29) is 10.8 Å². The zero-order valence-electron chi connectivity index (χ0n) is 9.07. The average molecular weight is 219 g/mol. The standard InChI is InChI=1S/C14H15Cl/c1-14(2)12(9-6-10-13(14)15)11-7-4-3-5-8-11/h3-10,13H,1-2H3. The van der Waals surface area contributed by atoms with Gasteiger partial charge in [-0.25, -0.2) is 0 Å². The second-order valence-electron chi connectivity index (χ2n) is 4.45. The number of hydrogen-bond acceptors (Lipinski definition) is 0.